The summed E-state index contributed by atoms with van der Waals surface area (Å²) in [6.07, 6.45) is 4.68. The molecule has 1 aliphatic rings. The smallest absolute Gasteiger partial charge is 0.270 e. The number of aryl methyl sites for hydroxylation is 1. The molecule has 1 unspecified atom stereocenters. The molecule has 0 spiro atoms. The van der Waals surface area contributed by atoms with Crippen molar-refractivity contribution >= 4 is 0 Å². The lowest BCUT2D eigenvalue weighted by atomic mass is 9.88. The van der Waals surface area contributed by atoms with Gasteiger partial charge < -0.3 is 8.94 Å². The fraction of sp³-hybridized carbons (Fsp3) is 0.333. The number of nitrogens with zero attached hydrogens (tertiary/aromatic N) is 4. The summed E-state index contributed by atoms with van der Waals surface area (Å²) in [5, 5.41) is 12.3. The molecule has 21 heavy (non-hydrogen) atoms. The van der Waals surface area contributed by atoms with Crippen molar-refractivity contribution in [3.63, 3.8) is 0 Å². The average molecular weight is 282 g/mol. The van der Waals surface area contributed by atoms with Crippen LogP contribution in [0.25, 0.3) is 23.2 Å². The van der Waals surface area contributed by atoms with Crippen molar-refractivity contribution in [3.05, 3.63) is 35.7 Å². The molecule has 3 heterocycles. The Morgan fingerprint density at radius 3 is 2.95 bits per heavy atom. The Morgan fingerprint density at radius 2 is 2.10 bits per heavy atom. The van der Waals surface area contributed by atoms with E-state index in [2.05, 4.69) is 27.3 Å². The van der Waals surface area contributed by atoms with Gasteiger partial charge in [-0.3, -0.25) is 4.98 Å². The van der Waals surface area contributed by atoms with Gasteiger partial charge in [-0.15, -0.1) is 10.2 Å². The zero-order chi connectivity index (χ0) is 14.2. The third-order valence-corrected chi connectivity index (χ3v) is 3.80. The van der Waals surface area contributed by atoms with Crippen molar-refractivity contribution in [2.24, 2.45) is 5.92 Å². The molecule has 1 aliphatic carbocycles. The van der Waals surface area contributed by atoms with Gasteiger partial charge in [0, 0.05) is 18.2 Å². The zero-order valence-electron chi connectivity index (χ0n) is 11.6. The maximum Gasteiger partial charge on any atom is 0.270 e. The Labute approximate surface area is 121 Å². The highest BCUT2D eigenvalue weighted by atomic mass is 16.5. The van der Waals surface area contributed by atoms with E-state index < -0.39 is 0 Å². The Kier molecular flexibility index (Phi) is 2.80. The Morgan fingerprint density at radius 1 is 1.19 bits per heavy atom. The van der Waals surface area contributed by atoms with Crippen LogP contribution < -0.4 is 0 Å². The summed E-state index contributed by atoms with van der Waals surface area (Å²) in [7, 11) is 0. The van der Waals surface area contributed by atoms with Crippen molar-refractivity contribution in [3.8, 4) is 23.2 Å². The van der Waals surface area contributed by atoms with Crippen LogP contribution in [0.1, 0.15) is 24.7 Å². The molecule has 6 heteroatoms. The van der Waals surface area contributed by atoms with E-state index in [1.807, 2.05) is 18.2 Å². The standard InChI is InChI=1S/C15H14N4O2/c1-9-5-6-12-10(8-9)13(19-21-12)15-18-17-14(20-15)11-4-2-3-7-16-11/h2-4,7,9H,5-6,8H2,1H3. The summed E-state index contributed by atoms with van der Waals surface area (Å²) in [4.78, 5) is 4.20. The Balaban J connectivity index is 1.72. The van der Waals surface area contributed by atoms with Gasteiger partial charge in [-0.25, -0.2) is 0 Å². The van der Waals surface area contributed by atoms with Crippen LogP contribution in [0.4, 0.5) is 0 Å². The van der Waals surface area contributed by atoms with Crippen LogP contribution in [0.5, 0.6) is 0 Å². The van der Waals surface area contributed by atoms with Gasteiger partial charge >= 0.3 is 0 Å². The molecule has 0 saturated carbocycles. The minimum absolute atomic E-state index is 0.395. The summed E-state index contributed by atoms with van der Waals surface area (Å²) in [6.45, 7) is 2.23. The van der Waals surface area contributed by atoms with Crippen LogP contribution in [-0.2, 0) is 12.8 Å². The highest BCUT2D eigenvalue weighted by Crippen LogP contribution is 2.33. The summed E-state index contributed by atoms with van der Waals surface area (Å²) in [5.41, 5.74) is 2.43. The highest BCUT2D eigenvalue weighted by molar-refractivity contribution is 5.56. The largest absolute Gasteiger partial charge is 0.413 e. The van der Waals surface area contributed by atoms with Gasteiger partial charge in [-0.2, -0.15) is 0 Å². The topological polar surface area (TPSA) is 77.8 Å². The zero-order valence-corrected chi connectivity index (χ0v) is 11.6. The molecule has 0 aliphatic heterocycles. The summed E-state index contributed by atoms with van der Waals surface area (Å²) in [6, 6.07) is 5.56. The Bertz CT molecular complexity index is 763. The van der Waals surface area contributed by atoms with E-state index in [4.69, 9.17) is 8.94 Å². The molecule has 1 atom stereocenters. The minimum Gasteiger partial charge on any atom is -0.413 e. The Hall–Kier alpha value is -2.50. The molecule has 4 rings (SSSR count). The number of aromatic nitrogens is 4. The van der Waals surface area contributed by atoms with Crippen LogP contribution in [0.3, 0.4) is 0 Å². The number of hydrogen-bond donors (Lipinski definition) is 0. The van der Waals surface area contributed by atoms with Gasteiger partial charge in [0.25, 0.3) is 11.8 Å². The quantitative estimate of drug-likeness (QED) is 0.719. The molecule has 3 aromatic rings. The van der Waals surface area contributed by atoms with E-state index in [9.17, 15) is 0 Å². The fourth-order valence-electron chi connectivity index (χ4n) is 2.66. The lowest BCUT2D eigenvalue weighted by molar-refractivity contribution is 0.356. The second-order valence-electron chi connectivity index (χ2n) is 5.41. The summed E-state index contributed by atoms with van der Waals surface area (Å²) in [5.74, 6) is 2.36. The number of hydrogen-bond acceptors (Lipinski definition) is 6. The van der Waals surface area contributed by atoms with Crippen LogP contribution in [0.2, 0.25) is 0 Å². The van der Waals surface area contributed by atoms with Crippen molar-refractivity contribution < 1.29 is 8.94 Å². The molecular weight excluding hydrogens is 268 g/mol. The maximum atomic E-state index is 5.71. The van der Waals surface area contributed by atoms with Crippen LogP contribution in [-0.4, -0.2) is 20.3 Å². The predicted octanol–water partition coefficient (Wildman–Crippen LogP) is 2.91. The third-order valence-electron chi connectivity index (χ3n) is 3.80. The SMILES string of the molecule is CC1CCc2onc(-c3nnc(-c4ccccn4)o3)c2C1. The van der Waals surface area contributed by atoms with E-state index in [1.54, 1.807) is 6.20 Å². The normalized spacial score (nSPS) is 17.7. The van der Waals surface area contributed by atoms with E-state index in [-0.39, 0.29) is 0 Å². The molecular formula is C15H14N4O2. The number of pyridine rings is 1. The third kappa shape index (κ3) is 2.12. The summed E-state index contributed by atoms with van der Waals surface area (Å²) < 4.78 is 11.1. The predicted molar refractivity (Wildman–Crippen MR) is 74.2 cm³/mol. The van der Waals surface area contributed by atoms with Crippen molar-refractivity contribution in [1.82, 2.24) is 20.3 Å². The second-order valence-corrected chi connectivity index (χ2v) is 5.41. The van der Waals surface area contributed by atoms with Crippen molar-refractivity contribution in [1.29, 1.82) is 0 Å². The molecule has 0 bridgehead atoms. The first-order valence-electron chi connectivity index (χ1n) is 7.04. The minimum atomic E-state index is 0.395. The second kappa shape index (κ2) is 4.80. The molecule has 106 valence electrons. The molecule has 0 radical (unpaired) electrons. The van der Waals surface area contributed by atoms with Gasteiger partial charge in [-0.1, -0.05) is 18.1 Å². The first-order chi connectivity index (χ1) is 10.3. The van der Waals surface area contributed by atoms with Crippen LogP contribution >= 0.6 is 0 Å². The van der Waals surface area contributed by atoms with Gasteiger partial charge in [0.2, 0.25) is 0 Å². The van der Waals surface area contributed by atoms with Crippen LogP contribution in [0.15, 0.2) is 33.3 Å². The average Bonchev–Trinajstić information content (AvgIpc) is 3.14. The van der Waals surface area contributed by atoms with Gasteiger partial charge in [-0.05, 0) is 30.9 Å². The van der Waals surface area contributed by atoms with E-state index in [0.717, 1.165) is 30.6 Å². The number of fused-ring (bicyclic) bond motifs is 1. The van der Waals surface area contributed by atoms with Crippen molar-refractivity contribution in [2.75, 3.05) is 0 Å². The lowest BCUT2D eigenvalue weighted by Gasteiger charge is -2.15. The maximum absolute atomic E-state index is 5.71. The molecule has 6 nitrogen and oxygen atoms in total. The highest BCUT2D eigenvalue weighted by Gasteiger charge is 2.27. The van der Waals surface area contributed by atoms with E-state index >= 15 is 0 Å². The van der Waals surface area contributed by atoms with E-state index in [0.29, 0.717) is 29.1 Å². The van der Waals surface area contributed by atoms with Crippen molar-refractivity contribution in [2.45, 2.75) is 26.2 Å². The molecule has 0 saturated heterocycles. The van der Waals surface area contributed by atoms with Crippen LogP contribution in [0, 0.1) is 5.92 Å². The first kappa shape index (κ1) is 12.3. The monoisotopic (exact) mass is 282 g/mol. The summed E-state index contributed by atoms with van der Waals surface area (Å²) >= 11 is 0. The lowest BCUT2D eigenvalue weighted by Crippen LogP contribution is -2.09. The van der Waals surface area contributed by atoms with Gasteiger partial charge in [0.15, 0.2) is 5.69 Å². The molecule has 0 aromatic carbocycles. The molecule has 0 N–H and O–H groups in total. The molecule has 3 aromatic heterocycles. The molecule has 0 fully saturated rings. The molecule has 0 amide bonds. The number of rotatable bonds is 2. The van der Waals surface area contributed by atoms with Gasteiger partial charge in [0.1, 0.15) is 11.5 Å². The first-order valence-corrected chi connectivity index (χ1v) is 7.04. The van der Waals surface area contributed by atoms with E-state index in [1.165, 1.54) is 0 Å². The van der Waals surface area contributed by atoms with Gasteiger partial charge in [0.05, 0.1) is 0 Å². The fourth-order valence-corrected chi connectivity index (χ4v) is 2.66.